The number of carbonyl (C=O) groups is 2. The van der Waals surface area contributed by atoms with Gasteiger partial charge in [0, 0.05) is 16.8 Å². The molecule has 1 aliphatic carbocycles. The summed E-state index contributed by atoms with van der Waals surface area (Å²) in [6, 6.07) is 16.6. The summed E-state index contributed by atoms with van der Waals surface area (Å²) in [5.41, 5.74) is 4.64. The Hall–Kier alpha value is -3.72. The summed E-state index contributed by atoms with van der Waals surface area (Å²) in [4.78, 5) is 30.1. The van der Waals surface area contributed by atoms with E-state index >= 15 is 0 Å². The zero-order chi connectivity index (χ0) is 21.8. The van der Waals surface area contributed by atoms with Gasteiger partial charge in [-0.15, -0.1) is 0 Å². The minimum atomic E-state index is -0.497. The number of anilines is 1. The smallest absolute Gasteiger partial charge is 0.339 e. The van der Waals surface area contributed by atoms with Gasteiger partial charge >= 0.3 is 5.97 Å². The van der Waals surface area contributed by atoms with Crippen molar-refractivity contribution >= 4 is 28.5 Å². The van der Waals surface area contributed by atoms with E-state index in [1.165, 1.54) is 0 Å². The number of ether oxygens (including phenoxy) is 1. The summed E-state index contributed by atoms with van der Waals surface area (Å²) in [6.45, 7) is 1.79. The van der Waals surface area contributed by atoms with Crippen molar-refractivity contribution in [2.75, 3.05) is 11.9 Å². The fourth-order valence-corrected chi connectivity index (χ4v) is 3.99. The maximum absolute atomic E-state index is 13.1. The van der Waals surface area contributed by atoms with Crippen LogP contribution in [0.25, 0.3) is 10.9 Å². The van der Waals surface area contributed by atoms with Crippen LogP contribution in [0.15, 0.2) is 48.5 Å². The lowest BCUT2D eigenvalue weighted by molar-refractivity contribution is -0.119. The third-order valence-electron chi connectivity index (χ3n) is 5.56. The molecular formula is C25H23N3O3. The first-order valence-electron chi connectivity index (χ1n) is 10.4. The van der Waals surface area contributed by atoms with Gasteiger partial charge in [0.25, 0.3) is 5.91 Å². The lowest BCUT2D eigenvalue weighted by Crippen LogP contribution is -2.23. The number of hydrogen-bond donors (Lipinski definition) is 1. The number of para-hydroxylation sites is 1. The van der Waals surface area contributed by atoms with Crippen LogP contribution in [0.1, 0.15) is 40.5 Å². The number of carbonyl (C=O) groups excluding carboxylic acids is 2. The monoisotopic (exact) mass is 413 g/mol. The summed E-state index contributed by atoms with van der Waals surface area (Å²) < 4.78 is 5.41. The molecule has 1 N–H and O–H groups in total. The normalized spacial score (nSPS) is 15.0. The SMILES string of the molecule is C[C@H]1CCc2nc3ccccc3c(C(=O)OCC(=O)Nc3ccc(CC#N)cc3)c2C1. The van der Waals surface area contributed by atoms with E-state index < -0.39 is 11.9 Å². The van der Waals surface area contributed by atoms with Crippen molar-refractivity contribution in [3.8, 4) is 6.07 Å². The second-order valence-corrected chi connectivity index (χ2v) is 7.93. The topological polar surface area (TPSA) is 92.1 Å². The minimum Gasteiger partial charge on any atom is -0.452 e. The predicted molar refractivity (Wildman–Crippen MR) is 118 cm³/mol. The number of hydrogen-bond acceptors (Lipinski definition) is 5. The third kappa shape index (κ3) is 4.56. The van der Waals surface area contributed by atoms with Crippen molar-refractivity contribution < 1.29 is 14.3 Å². The Bertz CT molecular complexity index is 1180. The number of amides is 1. The molecule has 1 heterocycles. The van der Waals surface area contributed by atoms with Gasteiger partial charge in [0.2, 0.25) is 0 Å². The van der Waals surface area contributed by atoms with Crippen LogP contribution in [0, 0.1) is 17.2 Å². The number of nitrogens with zero attached hydrogens (tertiary/aromatic N) is 2. The summed E-state index contributed by atoms with van der Waals surface area (Å²) >= 11 is 0. The van der Waals surface area contributed by atoms with E-state index in [1.807, 2.05) is 24.3 Å². The molecule has 1 aliphatic rings. The van der Waals surface area contributed by atoms with Gasteiger partial charge < -0.3 is 10.1 Å². The number of aromatic nitrogens is 1. The molecule has 0 spiro atoms. The third-order valence-corrected chi connectivity index (χ3v) is 5.56. The van der Waals surface area contributed by atoms with Crippen LogP contribution >= 0.6 is 0 Å². The van der Waals surface area contributed by atoms with E-state index in [0.29, 0.717) is 23.6 Å². The minimum absolute atomic E-state index is 0.314. The second kappa shape index (κ2) is 8.97. The summed E-state index contributed by atoms with van der Waals surface area (Å²) in [5.74, 6) is -0.445. The first-order valence-corrected chi connectivity index (χ1v) is 10.4. The van der Waals surface area contributed by atoms with Crippen LogP contribution in [0.2, 0.25) is 0 Å². The Kier molecular flexibility index (Phi) is 5.94. The Morgan fingerprint density at radius 1 is 1.19 bits per heavy atom. The summed E-state index contributed by atoms with van der Waals surface area (Å²) in [5, 5.41) is 12.2. The predicted octanol–water partition coefficient (Wildman–Crippen LogP) is 4.22. The molecule has 0 aliphatic heterocycles. The number of rotatable bonds is 5. The average Bonchev–Trinajstić information content (AvgIpc) is 2.77. The van der Waals surface area contributed by atoms with Crippen LogP contribution in [0.3, 0.4) is 0 Å². The number of aryl methyl sites for hydroxylation is 1. The van der Waals surface area contributed by atoms with Crippen LogP contribution in [-0.4, -0.2) is 23.5 Å². The standard InChI is InChI=1S/C25H23N3O3/c1-16-6-11-22-20(14-16)24(19-4-2-3-5-21(19)28-22)25(30)31-15-23(29)27-18-9-7-17(8-10-18)12-13-26/h2-5,7-10,16H,6,11-12,14-15H2,1H3,(H,27,29)/t16-/m0/s1. The maximum atomic E-state index is 13.1. The fourth-order valence-electron chi connectivity index (χ4n) is 3.99. The van der Waals surface area contributed by atoms with Crippen LogP contribution in [0.5, 0.6) is 0 Å². The van der Waals surface area contributed by atoms with Crippen molar-refractivity contribution in [1.29, 1.82) is 5.26 Å². The van der Waals surface area contributed by atoms with Crippen molar-refractivity contribution in [3.05, 3.63) is 70.9 Å². The van der Waals surface area contributed by atoms with E-state index in [-0.39, 0.29) is 6.61 Å². The first kappa shape index (κ1) is 20.5. The van der Waals surface area contributed by atoms with E-state index in [4.69, 9.17) is 15.0 Å². The molecule has 31 heavy (non-hydrogen) atoms. The molecule has 0 bridgehead atoms. The van der Waals surface area contributed by atoms with E-state index in [2.05, 4.69) is 18.3 Å². The summed E-state index contributed by atoms with van der Waals surface area (Å²) in [6.07, 6.45) is 2.97. The number of benzene rings is 2. The highest BCUT2D eigenvalue weighted by Gasteiger charge is 2.26. The Labute approximate surface area is 180 Å². The maximum Gasteiger partial charge on any atom is 0.339 e. The van der Waals surface area contributed by atoms with Crippen molar-refractivity contribution in [1.82, 2.24) is 4.98 Å². The quantitative estimate of drug-likeness (QED) is 0.632. The molecule has 1 amide bonds. The van der Waals surface area contributed by atoms with E-state index in [0.717, 1.165) is 47.0 Å². The molecule has 0 radical (unpaired) electrons. The number of nitrogens with one attached hydrogen (secondary N) is 1. The van der Waals surface area contributed by atoms with Crippen molar-refractivity contribution in [2.24, 2.45) is 5.92 Å². The van der Waals surface area contributed by atoms with Gasteiger partial charge in [-0.1, -0.05) is 37.3 Å². The van der Waals surface area contributed by atoms with Crippen LogP contribution in [0.4, 0.5) is 5.69 Å². The molecule has 4 rings (SSSR count). The van der Waals surface area contributed by atoms with Gasteiger partial charge in [0.05, 0.1) is 23.6 Å². The van der Waals surface area contributed by atoms with Crippen molar-refractivity contribution in [2.45, 2.75) is 32.6 Å². The zero-order valence-electron chi connectivity index (χ0n) is 17.4. The molecule has 1 aromatic heterocycles. The fraction of sp³-hybridized carbons (Fsp3) is 0.280. The molecule has 0 saturated heterocycles. The molecule has 0 saturated carbocycles. The number of pyridine rings is 1. The van der Waals surface area contributed by atoms with Crippen LogP contribution < -0.4 is 5.32 Å². The Morgan fingerprint density at radius 2 is 1.97 bits per heavy atom. The molecule has 156 valence electrons. The van der Waals surface area contributed by atoms with Gasteiger partial charge in [0.15, 0.2) is 6.61 Å². The number of nitriles is 1. The summed E-state index contributed by atoms with van der Waals surface area (Å²) in [7, 11) is 0. The van der Waals surface area contributed by atoms with Gasteiger partial charge in [-0.3, -0.25) is 9.78 Å². The molecule has 3 aromatic rings. The molecule has 6 nitrogen and oxygen atoms in total. The van der Waals surface area contributed by atoms with Gasteiger partial charge in [-0.05, 0) is 54.5 Å². The number of esters is 1. The van der Waals surface area contributed by atoms with Crippen molar-refractivity contribution in [3.63, 3.8) is 0 Å². The second-order valence-electron chi connectivity index (χ2n) is 7.93. The molecule has 0 unspecified atom stereocenters. The average molecular weight is 413 g/mol. The largest absolute Gasteiger partial charge is 0.452 e. The molecule has 6 heteroatoms. The number of fused-ring (bicyclic) bond motifs is 2. The molecule has 0 fully saturated rings. The lowest BCUT2D eigenvalue weighted by Gasteiger charge is -2.24. The van der Waals surface area contributed by atoms with E-state index in [9.17, 15) is 9.59 Å². The van der Waals surface area contributed by atoms with Gasteiger partial charge in [0.1, 0.15) is 0 Å². The molecule has 1 atom stereocenters. The highest BCUT2D eigenvalue weighted by molar-refractivity contribution is 6.06. The van der Waals surface area contributed by atoms with E-state index in [1.54, 1.807) is 24.3 Å². The van der Waals surface area contributed by atoms with Gasteiger partial charge in [-0.25, -0.2) is 4.79 Å². The lowest BCUT2D eigenvalue weighted by atomic mass is 9.84. The highest BCUT2D eigenvalue weighted by atomic mass is 16.5. The zero-order valence-corrected chi connectivity index (χ0v) is 17.4. The first-order chi connectivity index (χ1) is 15.0. The molecular weight excluding hydrogens is 390 g/mol. The Morgan fingerprint density at radius 3 is 2.74 bits per heavy atom. The highest BCUT2D eigenvalue weighted by Crippen LogP contribution is 2.32. The van der Waals surface area contributed by atoms with Crippen LogP contribution in [-0.2, 0) is 28.8 Å². The van der Waals surface area contributed by atoms with Gasteiger partial charge in [-0.2, -0.15) is 5.26 Å². The molecule has 2 aromatic carbocycles. The Balaban J connectivity index is 1.50.